The fourth-order valence-corrected chi connectivity index (χ4v) is 5.31. The van der Waals surface area contributed by atoms with Crippen molar-refractivity contribution in [2.45, 2.75) is 92.1 Å². The third-order valence-electron chi connectivity index (χ3n) is 8.07. The summed E-state index contributed by atoms with van der Waals surface area (Å²) in [5.74, 6) is -0.568. The number of carbonyl (C=O) groups is 2. The van der Waals surface area contributed by atoms with Crippen LogP contribution in [0.1, 0.15) is 78.8 Å². The van der Waals surface area contributed by atoms with Gasteiger partial charge in [-0.2, -0.15) is 0 Å². The first-order valence-electron chi connectivity index (χ1n) is 12.8. The predicted molar refractivity (Wildman–Crippen MR) is 134 cm³/mol. The molecule has 1 saturated carbocycles. The average Bonchev–Trinajstić information content (AvgIpc) is 3.44. The van der Waals surface area contributed by atoms with E-state index in [1.165, 1.54) is 11.8 Å². The number of nitrogens with zero attached hydrogens (tertiary/aromatic N) is 1. The maximum Gasteiger partial charge on any atom is 0.309 e. The van der Waals surface area contributed by atoms with E-state index in [0.717, 1.165) is 18.4 Å². The highest BCUT2D eigenvalue weighted by Gasteiger charge is 2.47. The summed E-state index contributed by atoms with van der Waals surface area (Å²) in [5.41, 5.74) is 1.21. The van der Waals surface area contributed by atoms with Crippen molar-refractivity contribution >= 4 is 17.8 Å². The van der Waals surface area contributed by atoms with Crippen LogP contribution in [0.3, 0.4) is 0 Å². The Hall–Kier alpha value is -2.29. The Balaban J connectivity index is 1.88. The highest BCUT2D eigenvalue weighted by Crippen LogP contribution is 2.50. The highest BCUT2D eigenvalue weighted by atomic mass is 16.5. The first kappa shape index (κ1) is 28.3. The molecule has 3 rings (SSSR count). The van der Waals surface area contributed by atoms with Gasteiger partial charge in [-0.3, -0.25) is 9.59 Å². The second-order valence-corrected chi connectivity index (χ2v) is 11.3. The molecule has 0 bridgehead atoms. The van der Waals surface area contributed by atoms with E-state index in [1.54, 1.807) is 26.8 Å². The molecule has 0 spiro atoms. The van der Waals surface area contributed by atoms with Crippen molar-refractivity contribution in [3.63, 3.8) is 0 Å². The van der Waals surface area contributed by atoms with Crippen LogP contribution in [0.5, 0.6) is 0 Å². The van der Waals surface area contributed by atoms with E-state index in [9.17, 15) is 24.9 Å². The summed E-state index contributed by atoms with van der Waals surface area (Å²) in [4.78, 5) is 30.3. The average molecular weight is 504 g/mol. The molecule has 2 unspecified atom stereocenters. The van der Waals surface area contributed by atoms with Gasteiger partial charge in [0.2, 0.25) is 5.89 Å². The van der Waals surface area contributed by atoms with Crippen molar-refractivity contribution in [2.75, 3.05) is 0 Å². The number of cyclic esters (lactones) is 1. The number of aromatic nitrogens is 1. The van der Waals surface area contributed by atoms with Gasteiger partial charge in [0.15, 0.2) is 0 Å². The molecule has 3 N–H and O–H groups in total. The summed E-state index contributed by atoms with van der Waals surface area (Å²) in [6.45, 7) is 10.5. The summed E-state index contributed by atoms with van der Waals surface area (Å²) >= 11 is 0. The number of allylic oxidation sites excluding steroid dienone is 1. The van der Waals surface area contributed by atoms with Gasteiger partial charge in [0.1, 0.15) is 30.5 Å². The van der Waals surface area contributed by atoms with Crippen molar-refractivity contribution in [1.29, 1.82) is 0 Å². The third kappa shape index (κ3) is 6.52. The van der Waals surface area contributed by atoms with E-state index < -0.39 is 35.6 Å². The van der Waals surface area contributed by atoms with Gasteiger partial charge >= 0.3 is 5.97 Å². The zero-order valence-electron chi connectivity index (χ0n) is 22.2. The first-order valence-corrected chi connectivity index (χ1v) is 12.8. The molecule has 0 amide bonds. The molecule has 8 nitrogen and oxygen atoms in total. The van der Waals surface area contributed by atoms with E-state index in [2.05, 4.69) is 18.0 Å². The number of ether oxygens (including phenoxy) is 1. The molecule has 0 saturated heterocycles. The Bertz CT molecular complexity index is 1010. The van der Waals surface area contributed by atoms with Crippen LogP contribution in [0.2, 0.25) is 0 Å². The van der Waals surface area contributed by atoms with Gasteiger partial charge in [-0.1, -0.05) is 39.3 Å². The molecule has 2 aliphatic rings. The lowest BCUT2D eigenvalue weighted by Gasteiger charge is -2.34. The van der Waals surface area contributed by atoms with Gasteiger partial charge in [-0.25, -0.2) is 4.98 Å². The SMILES string of the molecule is CC(=Cc1coc(CO)n1)[C@H]1C/C=C(/C)CC2CC2[C@H](C)[C@H](O)[C@@H](C)C(=O)C(C)(C)[C@@H](O)CC(=O)O1. The summed E-state index contributed by atoms with van der Waals surface area (Å²) < 4.78 is 11.0. The Morgan fingerprint density at radius 1 is 1.22 bits per heavy atom. The maximum atomic E-state index is 13.3. The molecule has 7 atom stereocenters. The Morgan fingerprint density at radius 2 is 1.92 bits per heavy atom. The van der Waals surface area contributed by atoms with Gasteiger partial charge in [0.05, 0.1) is 24.0 Å². The van der Waals surface area contributed by atoms with Crippen LogP contribution in [-0.4, -0.2) is 50.4 Å². The normalized spacial score (nSPS) is 36.0. The number of hydrogen-bond acceptors (Lipinski definition) is 8. The van der Waals surface area contributed by atoms with Gasteiger partial charge in [-0.05, 0) is 56.1 Å². The van der Waals surface area contributed by atoms with Crippen LogP contribution in [0.15, 0.2) is 27.9 Å². The van der Waals surface area contributed by atoms with Crippen LogP contribution in [0.4, 0.5) is 0 Å². The number of oxazole rings is 1. The number of fused-ring (bicyclic) bond motifs is 1. The highest BCUT2D eigenvalue weighted by molar-refractivity contribution is 5.88. The summed E-state index contributed by atoms with van der Waals surface area (Å²) in [6, 6.07) is 0. The smallest absolute Gasteiger partial charge is 0.309 e. The predicted octanol–water partition coefficient (Wildman–Crippen LogP) is 3.84. The molecule has 36 heavy (non-hydrogen) atoms. The van der Waals surface area contributed by atoms with E-state index in [-0.39, 0.29) is 30.6 Å². The number of Topliss-reactive ketones (excluding diaryl/α,β-unsaturated/α-hetero) is 1. The zero-order chi connectivity index (χ0) is 26.8. The number of esters is 1. The molecule has 8 heteroatoms. The Labute approximate surface area is 213 Å². The van der Waals surface area contributed by atoms with Gasteiger partial charge < -0.3 is 24.5 Å². The quantitative estimate of drug-likeness (QED) is 0.419. The molecule has 0 radical (unpaired) electrons. The lowest BCUT2D eigenvalue weighted by molar-refractivity contribution is -0.154. The summed E-state index contributed by atoms with van der Waals surface area (Å²) in [6.07, 6.45) is 4.61. The zero-order valence-corrected chi connectivity index (χ0v) is 22.2. The lowest BCUT2D eigenvalue weighted by Crippen LogP contribution is -2.46. The van der Waals surface area contributed by atoms with Crippen LogP contribution < -0.4 is 0 Å². The molecule has 1 aromatic heterocycles. The number of rotatable bonds is 3. The van der Waals surface area contributed by atoms with Crippen LogP contribution in [0, 0.1) is 29.1 Å². The Kier molecular flexibility index (Phi) is 8.96. The van der Waals surface area contributed by atoms with Gasteiger partial charge in [0.25, 0.3) is 0 Å². The second-order valence-electron chi connectivity index (χ2n) is 11.3. The number of ketones is 1. The van der Waals surface area contributed by atoms with Gasteiger partial charge in [0, 0.05) is 12.3 Å². The van der Waals surface area contributed by atoms with Crippen molar-refractivity contribution < 1.29 is 34.1 Å². The number of aliphatic hydroxyl groups is 3. The molecule has 1 fully saturated rings. The minimum absolute atomic E-state index is 0.0308. The second kappa shape index (κ2) is 11.4. The fourth-order valence-electron chi connectivity index (χ4n) is 5.31. The van der Waals surface area contributed by atoms with Crippen LogP contribution in [-0.2, 0) is 20.9 Å². The maximum absolute atomic E-state index is 13.3. The van der Waals surface area contributed by atoms with Crippen LogP contribution >= 0.6 is 0 Å². The number of carbonyl (C=O) groups excluding carboxylic acids is 2. The standard InChI is InChI=1S/C28H41NO7/c1-15-7-8-22(16(2)10-20-14-35-24(13-30)29-20)36-25(32)12-23(31)28(5,6)27(34)18(4)26(33)17(3)21-11-19(21)9-15/h7,10,14,17-19,21-23,26,30-31,33H,8-9,11-13H2,1-6H3/b15-7-,16-10?/t17-,18+,19?,21?,22+,23-,26-/m0/s1. The first-order chi connectivity index (χ1) is 16.8. The van der Waals surface area contributed by atoms with E-state index in [1.807, 2.05) is 13.8 Å². The topological polar surface area (TPSA) is 130 Å². The molecule has 1 aliphatic carbocycles. The molecule has 2 heterocycles. The van der Waals surface area contributed by atoms with Crippen molar-refractivity contribution in [3.05, 3.63) is 35.1 Å². The number of hydrogen-bond donors (Lipinski definition) is 3. The lowest BCUT2D eigenvalue weighted by atomic mass is 9.72. The fraction of sp³-hybridized carbons (Fsp3) is 0.679. The van der Waals surface area contributed by atoms with Crippen molar-refractivity contribution in [3.8, 4) is 0 Å². The minimum atomic E-state index is -1.26. The number of aliphatic hydroxyl groups excluding tert-OH is 3. The molecule has 0 aromatic carbocycles. The summed E-state index contributed by atoms with van der Waals surface area (Å²) in [5, 5.41) is 31.0. The monoisotopic (exact) mass is 503 g/mol. The molecular formula is C28H41NO7. The van der Waals surface area contributed by atoms with E-state index in [4.69, 9.17) is 9.15 Å². The third-order valence-corrected chi connectivity index (χ3v) is 8.07. The molecule has 1 aliphatic heterocycles. The van der Waals surface area contributed by atoms with Gasteiger partial charge in [-0.15, -0.1) is 0 Å². The largest absolute Gasteiger partial charge is 0.457 e. The molecule has 1 aromatic rings. The minimum Gasteiger partial charge on any atom is -0.457 e. The molecule has 200 valence electrons. The molecular weight excluding hydrogens is 462 g/mol. The summed E-state index contributed by atoms with van der Waals surface area (Å²) in [7, 11) is 0. The van der Waals surface area contributed by atoms with Crippen molar-refractivity contribution in [1.82, 2.24) is 4.98 Å². The Morgan fingerprint density at radius 3 is 2.56 bits per heavy atom. The van der Waals surface area contributed by atoms with E-state index in [0.29, 0.717) is 24.0 Å². The van der Waals surface area contributed by atoms with Crippen LogP contribution in [0.25, 0.3) is 6.08 Å². The van der Waals surface area contributed by atoms with Crippen molar-refractivity contribution in [2.24, 2.45) is 29.1 Å². The van der Waals surface area contributed by atoms with E-state index >= 15 is 0 Å².